The molecule has 1 saturated heterocycles. The number of piperidine rings is 1. The Morgan fingerprint density at radius 2 is 1.65 bits per heavy atom. The van der Waals surface area contributed by atoms with Crippen LogP contribution in [0, 0.1) is 5.92 Å². The first kappa shape index (κ1) is 33.7. The largest absolute Gasteiger partial charge is 0.444 e. The number of fused-ring (bicyclic) bond motifs is 1. The van der Waals surface area contributed by atoms with Crippen molar-refractivity contribution < 1.29 is 22.7 Å². The van der Waals surface area contributed by atoms with E-state index in [2.05, 4.69) is 15.6 Å². The normalized spacial score (nSPS) is 19.2. The quantitative estimate of drug-likeness (QED) is 0.225. The Hall–Kier alpha value is -4.16. The highest BCUT2D eigenvalue weighted by atomic mass is 35.5. The van der Waals surface area contributed by atoms with Gasteiger partial charge in [0.2, 0.25) is 11.9 Å². The van der Waals surface area contributed by atoms with Gasteiger partial charge in [0.1, 0.15) is 5.60 Å². The number of rotatable bonds is 7. The zero-order chi connectivity index (χ0) is 34.1. The van der Waals surface area contributed by atoms with Crippen molar-refractivity contribution in [2.24, 2.45) is 5.92 Å². The summed E-state index contributed by atoms with van der Waals surface area (Å²) in [6, 6.07) is 15.6. The molecular weight excluding hydrogens is 652 g/mol. The number of ether oxygens (including phenoxy) is 1. The molecule has 3 heterocycles. The smallest absolute Gasteiger partial charge is 0.410 e. The van der Waals surface area contributed by atoms with Gasteiger partial charge in [-0.3, -0.25) is 4.79 Å². The van der Waals surface area contributed by atoms with Crippen LogP contribution in [-0.4, -0.2) is 70.0 Å². The minimum atomic E-state index is -3.88. The van der Waals surface area contributed by atoms with Gasteiger partial charge in [-0.1, -0.05) is 48.0 Å². The number of halogens is 1. The van der Waals surface area contributed by atoms with E-state index in [9.17, 15) is 18.0 Å². The summed E-state index contributed by atoms with van der Waals surface area (Å²) in [6.45, 7) is 6.52. The Morgan fingerprint density at radius 1 is 0.958 bits per heavy atom. The summed E-state index contributed by atoms with van der Waals surface area (Å²) in [5, 5.41) is 7.68. The van der Waals surface area contributed by atoms with Gasteiger partial charge in [0.15, 0.2) is 0 Å². The highest BCUT2D eigenvalue weighted by molar-refractivity contribution is 7.90. The average molecular weight is 693 g/mol. The van der Waals surface area contributed by atoms with Crippen LogP contribution in [-0.2, 0) is 19.6 Å². The molecule has 2 aliphatic rings. The molecule has 2 atom stereocenters. The van der Waals surface area contributed by atoms with E-state index < -0.39 is 15.6 Å². The summed E-state index contributed by atoms with van der Waals surface area (Å²) in [5.41, 5.74) is 0.960. The molecule has 1 saturated carbocycles. The van der Waals surface area contributed by atoms with Crippen molar-refractivity contribution >= 4 is 50.5 Å². The number of nitrogens with one attached hydrogen (secondary N) is 2. The molecule has 0 spiro atoms. The Kier molecular flexibility index (Phi) is 9.67. The third-order valence-corrected chi connectivity index (χ3v) is 10.8. The number of anilines is 1. The molecule has 2 aromatic heterocycles. The molecule has 13 heteroatoms. The number of likely N-dealkylation sites (tertiary alicyclic amines) is 1. The molecule has 2 N–H and O–H groups in total. The maximum absolute atomic E-state index is 13.6. The average Bonchev–Trinajstić information content (AvgIpc) is 3.46. The molecule has 0 radical (unpaired) electrons. The third-order valence-electron chi connectivity index (χ3n) is 8.85. The highest BCUT2D eigenvalue weighted by Gasteiger charge is 2.32. The van der Waals surface area contributed by atoms with Crippen LogP contribution < -0.4 is 10.6 Å². The van der Waals surface area contributed by atoms with Crippen molar-refractivity contribution in [2.45, 2.75) is 81.9 Å². The van der Waals surface area contributed by atoms with Gasteiger partial charge < -0.3 is 20.3 Å². The summed E-state index contributed by atoms with van der Waals surface area (Å²) in [5.74, 6) is 0.256. The van der Waals surface area contributed by atoms with Gasteiger partial charge in [0, 0.05) is 48.2 Å². The number of para-hydroxylation sites is 1. The first-order valence-corrected chi connectivity index (χ1v) is 18.2. The second-order valence-electron chi connectivity index (χ2n) is 13.5. The highest BCUT2D eigenvalue weighted by Crippen LogP contribution is 2.36. The first-order valence-electron chi connectivity index (χ1n) is 16.4. The molecule has 2 amide bonds. The van der Waals surface area contributed by atoms with E-state index >= 15 is 0 Å². The minimum Gasteiger partial charge on any atom is -0.444 e. The number of amides is 2. The number of carbonyl (C=O) groups excluding carboxylic acids is 2. The molecule has 6 rings (SSSR count). The van der Waals surface area contributed by atoms with Crippen LogP contribution in [0.2, 0.25) is 5.02 Å². The van der Waals surface area contributed by atoms with E-state index in [-0.39, 0.29) is 34.9 Å². The van der Waals surface area contributed by atoms with E-state index in [1.54, 1.807) is 53.6 Å². The fourth-order valence-electron chi connectivity index (χ4n) is 6.47. The van der Waals surface area contributed by atoms with Crippen LogP contribution in [0.5, 0.6) is 0 Å². The summed E-state index contributed by atoms with van der Waals surface area (Å²) in [6.07, 6.45) is 7.35. The molecule has 11 nitrogen and oxygen atoms in total. The Labute approximate surface area is 286 Å². The minimum absolute atomic E-state index is 0.000532. The van der Waals surface area contributed by atoms with Crippen LogP contribution in [0.25, 0.3) is 22.2 Å². The molecule has 0 bridgehead atoms. The lowest BCUT2D eigenvalue weighted by molar-refractivity contribution is -0.127. The maximum Gasteiger partial charge on any atom is 0.410 e. The fraction of sp³-hybridized carbons (Fsp3) is 0.429. The molecule has 48 heavy (non-hydrogen) atoms. The number of aromatic nitrogens is 3. The summed E-state index contributed by atoms with van der Waals surface area (Å²) in [7, 11) is -3.88. The fourth-order valence-corrected chi connectivity index (χ4v) is 8.06. The monoisotopic (exact) mass is 692 g/mol. The van der Waals surface area contributed by atoms with E-state index in [1.807, 2.05) is 32.9 Å². The van der Waals surface area contributed by atoms with Gasteiger partial charge >= 0.3 is 6.09 Å². The molecule has 2 aromatic carbocycles. The van der Waals surface area contributed by atoms with Gasteiger partial charge in [-0.25, -0.2) is 27.2 Å². The van der Waals surface area contributed by atoms with E-state index in [0.29, 0.717) is 65.5 Å². The van der Waals surface area contributed by atoms with Crippen molar-refractivity contribution in [1.82, 2.24) is 24.2 Å². The SMILES string of the molecule is CC(C)(C)OC(=O)N1CCC(C(=O)N[C@H]2CCCC(Nc3ncc(Cl)c(-c4cn(S(=O)(=O)c5ccccc5)c5ccccc45)n3)C2)CC1. The number of nitrogens with zero attached hydrogens (tertiary/aromatic N) is 4. The number of hydrogen-bond donors (Lipinski definition) is 2. The number of benzene rings is 2. The predicted molar refractivity (Wildman–Crippen MR) is 185 cm³/mol. The van der Waals surface area contributed by atoms with Crippen molar-refractivity contribution in [2.75, 3.05) is 18.4 Å². The standard InChI is InChI=1S/C35H41ClN6O5S/c1-35(2,3)47-34(44)41-18-16-23(17-19-41)32(43)38-24-10-9-11-25(20-24)39-33-37-21-29(36)31(40-33)28-22-42(30-15-8-7-14-27(28)30)48(45,46)26-12-5-4-6-13-26/h4-8,12-15,21-25H,9-11,16-20H2,1-3H3,(H,38,43)(H,37,39,40)/t24-,25?/m0/s1. The number of hydrogen-bond acceptors (Lipinski definition) is 8. The van der Waals surface area contributed by atoms with Crippen molar-refractivity contribution in [3.8, 4) is 11.3 Å². The van der Waals surface area contributed by atoms with Crippen LogP contribution >= 0.6 is 11.6 Å². The zero-order valence-corrected chi connectivity index (χ0v) is 28.9. The van der Waals surface area contributed by atoms with Crippen LogP contribution in [0.1, 0.15) is 59.3 Å². The van der Waals surface area contributed by atoms with E-state index in [1.165, 1.54) is 10.2 Å². The predicted octanol–water partition coefficient (Wildman–Crippen LogP) is 6.48. The second kappa shape index (κ2) is 13.8. The van der Waals surface area contributed by atoms with Gasteiger partial charge in [0.05, 0.1) is 27.3 Å². The lowest BCUT2D eigenvalue weighted by Gasteiger charge is -2.35. The second-order valence-corrected chi connectivity index (χ2v) is 15.7. The van der Waals surface area contributed by atoms with E-state index in [4.69, 9.17) is 21.3 Å². The molecular formula is C35H41ClN6O5S. The molecule has 1 aliphatic carbocycles. The molecule has 254 valence electrons. The Bertz CT molecular complexity index is 1900. The van der Waals surface area contributed by atoms with Crippen LogP contribution in [0.3, 0.4) is 0 Å². The summed E-state index contributed by atoms with van der Waals surface area (Å²) in [4.78, 5) is 36.7. The topological polar surface area (TPSA) is 136 Å². The molecule has 4 aromatic rings. The third kappa shape index (κ3) is 7.44. The lowest BCUT2D eigenvalue weighted by atomic mass is 9.89. The first-order chi connectivity index (χ1) is 22.9. The molecule has 2 fully saturated rings. The zero-order valence-electron chi connectivity index (χ0n) is 27.4. The van der Waals surface area contributed by atoms with Crippen LogP contribution in [0.4, 0.5) is 10.7 Å². The Balaban J connectivity index is 1.13. The van der Waals surface area contributed by atoms with E-state index in [0.717, 1.165) is 19.3 Å². The van der Waals surface area contributed by atoms with Crippen LogP contribution in [0.15, 0.2) is 71.9 Å². The molecule has 1 unspecified atom stereocenters. The maximum atomic E-state index is 13.6. The molecule has 1 aliphatic heterocycles. The van der Waals surface area contributed by atoms with Gasteiger partial charge in [0.25, 0.3) is 10.0 Å². The summed E-state index contributed by atoms with van der Waals surface area (Å²) < 4.78 is 34.0. The van der Waals surface area contributed by atoms with Gasteiger partial charge in [-0.15, -0.1) is 0 Å². The van der Waals surface area contributed by atoms with Crippen molar-refractivity contribution in [3.63, 3.8) is 0 Å². The van der Waals surface area contributed by atoms with Crippen molar-refractivity contribution in [3.05, 3.63) is 72.0 Å². The lowest BCUT2D eigenvalue weighted by Crippen LogP contribution is -2.48. The number of carbonyl (C=O) groups is 2. The van der Waals surface area contributed by atoms with Gasteiger partial charge in [-0.05, 0) is 77.5 Å². The summed E-state index contributed by atoms with van der Waals surface area (Å²) >= 11 is 6.64. The van der Waals surface area contributed by atoms with Gasteiger partial charge in [-0.2, -0.15) is 0 Å². The Morgan fingerprint density at radius 3 is 2.38 bits per heavy atom. The van der Waals surface area contributed by atoms with Crippen molar-refractivity contribution in [1.29, 1.82) is 0 Å².